The van der Waals surface area contributed by atoms with Crippen molar-refractivity contribution in [2.75, 3.05) is 20.2 Å². The second-order valence-corrected chi connectivity index (χ2v) is 7.69. The lowest BCUT2D eigenvalue weighted by atomic mass is 9.86. The molecule has 6 heteroatoms. The molecule has 0 aliphatic carbocycles. The standard InChI is InChI=1S/C19H30N4O2/c1-14-9-15(19(2,3)4)7-8-17(14)25-12-16(24)10-22(5)11-18-20-13-21-23(18)6/h7-9,13,16,24H,10-12H2,1-6H3. The molecule has 138 valence electrons. The number of benzene rings is 1. The first kappa shape index (κ1) is 19.4. The highest BCUT2D eigenvalue weighted by Gasteiger charge is 2.16. The molecule has 1 heterocycles. The molecule has 0 aliphatic heterocycles. The molecule has 1 unspecified atom stereocenters. The number of aliphatic hydroxyl groups excluding tert-OH is 1. The van der Waals surface area contributed by atoms with Gasteiger partial charge in [0.2, 0.25) is 0 Å². The third-order valence-corrected chi connectivity index (χ3v) is 4.21. The van der Waals surface area contributed by atoms with Crippen molar-refractivity contribution in [1.29, 1.82) is 0 Å². The molecule has 2 aromatic rings. The van der Waals surface area contributed by atoms with E-state index < -0.39 is 6.10 Å². The van der Waals surface area contributed by atoms with Crippen LogP contribution >= 0.6 is 0 Å². The zero-order valence-corrected chi connectivity index (χ0v) is 16.2. The van der Waals surface area contributed by atoms with Crippen LogP contribution < -0.4 is 4.74 Å². The second-order valence-electron chi connectivity index (χ2n) is 7.69. The third kappa shape index (κ3) is 5.54. The second kappa shape index (κ2) is 7.97. The summed E-state index contributed by atoms with van der Waals surface area (Å²) in [6.07, 6.45) is 0.965. The average molecular weight is 346 g/mol. The maximum atomic E-state index is 10.2. The number of likely N-dealkylation sites (N-methyl/N-ethyl adjacent to an activating group) is 1. The Balaban J connectivity index is 1.85. The van der Waals surface area contributed by atoms with Gasteiger partial charge in [-0.25, -0.2) is 4.98 Å². The van der Waals surface area contributed by atoms with Gasteiger partial charge in [-0.15, -0.1) is 0 Å². The average Bonchev–Trinajstić information content (AvgIpc) is 2.90. The molecule has 0 bridgehead atoms. The first-order chi connectivity index (χ1) is 11.7. The van der Waals surface area contributed by atoms with E-state index in [0.29, 0.717) is 13.1 Å². The molecule has 0 amide bonds. The van der Waals surface area contributed by atoms with Crippen LogP contribution in [0.15, 0.2) is 24.5 Å². The van der Waals surface area contributed by atoms with Gasteiger partial charge in [0.15, 0.2) is 0 Å². The van der Waals surface area contributed by atoms with E-state index in [-0.39, 0.29) is 12.0 Å². The van der Waals surface area contributed by atoms with Crippen molar-refractivity contribution in [2.45, 2.75) is 45.8 Å². The Morgan fingerprint density at radius 2 is 2.04 bits per heavy atom. The van der Waals surface area contributed by atoms with E-state index in [1.54, 1.807) is 4.68 Å². The maximum Gasteiger partial charge on any atom is 0.140 e. The van der Waals surface area contributed by atoms with Gasteiger partial charge in [0.25, 0.3) is 0 Å². The minimum Gasteiger partial charge on any atom is -0.491 e. The Labute approximate surface area is 150 Å². The summed E-state index contributed by atoms with van der Waals surface area (Å²) in [7, 11) is 3.81. The Morgan fingerprint density at radius 3 is 2.60 bits per heavy atom. The Hall–Kier alpha value is -1.92. The summed E-state index contributed by atoms with van der Waals surface area (Å²) in [4.78, 5) is 6.20. The minimum atomic E-state index is -0.570. The number of nitrogens with zero attached hydrogens (tertiary/aromatic N) is 4. The van der Waals surface area contributed by atoms with Gasteiger partial charge in [-0.2, -0.15) is 5.10 Å². The van der Waals surface area contributed by atoms with Crippen molar-refractivity contribution in [1.82, 2.24) is 19.7 Å². The predicted octanol–water partition coefficient (Wildman–Crippen LogP) is 2.29. The van der Waals surface area contributed by atoms with Crippen molar-refractivity contribution in [2.24, 2.45) is 7.05 Å². The topological polar surface area (TPSA) is 63.4 Å². The molecule has 0 saturated heterocycles. The van der Waals surface area contributed by atoms with E-state index in [1.807, 2.05) is 32.0 Å². The zero-order chi connectivity index (χ0) is 18.6. The van der Waals surface area contributed by atoms with Gasteiger partial charge >= 0.3 is 0 Å². The molecule has 1 aromatic carbocycles. The van der Waals surface area contributed by atoms with E-state index >= 15 is 0 Å². The van der Waals surface area contributed by atoms with E-state index in [2.05, 4.69) is 43.0 Å². The number of rotatable bonds is 7. The van der Waals surface area contributed by atoms with Gasteiger partial charge in [-0.3, -0.25) is 9.58 Å². The molecule has 0 radical (unpaired) electrons. The van der Waals surface area contributed by atoms with Crippen LogP contribution in [0.2, 0.25) is 0 Å². The van der Waals surface area contributed by atoms with E-state index in [9.17, 15) is 5.11 Å². The van der Waals surface area contributed by atoms with Crippen LogP contribution in [-0.4, -0.2) is 51.1 Å². The Morgan fingerprint density at radius 1 is 1.32 bits per heavy atom. The number of aromatic nitrogens is 3. The van der Waals surface area contributed by atoms with Crippen LogP contribution in [0.1, 0.15) is 37.7 Å². The molecule has 2 rings (SSSR count). The summed E-state index contributed by atoms with van der Waals surface area (Å²) < 4.78 is 7.55. The Bertz CT molecular complexity index is 691. The van der Waals surface area contributed by atoms with Gasteiger partial charge in [0.05, 0.1) is 6.54 Å². The van der Waals surface area contributed by atoms with Gasteiger partial charge in [0.1, 0.15) is 30.6 Å². The van der Waals surface area contributed by atoms with E-state index in [4.69, 9.17) is 4.74 Å². The molecule has 25 heavy (non-hydrogen) atoms. The van der Waals surface area contributed by atoms with E-state index in [1.165, 1.54) is 11.9 Å². The van der Waals surface area contributed by atoms with Crippen molar-refractivity contribution in [3.63, 3.8) is 0 Å². The maximum absolute atomic E-state index is 10.2. The fraction of sp³-hybridized carbons (Fsp3) is 0.579. The lowest BCUT2D eigenvalue weighted by molar-refractivity contribution is 0.0731. The summed E-state index contributed by atoms with van der Waals surface area (Å²) in [5.41, 5.74) is 2.49. The molecule has 0 saturated carbocycles. The molecule has 0 spiro atoms. The Kier molecular flexibility index (Phi) is 6.19. The molecular weight excluding hydrogens is 316 g/mol. The van der Waals surface area contributed by atoms with Crippen LogP contribution in [0.3, 0.4) is 0 Å². The molecule has 0 fully saturated rings. The number of hydrogen-bond acceptors (Lipinski definition) is 5. The molecule has 6 nitrogen and oxygen atoms in total. The van der Waals surface area contributed by atoms with Crippen molar-refractivity contribution in [3.8, 4) is 5.75 Å². The molecular formula is C19H30N4O2. The fourth-order valence-corrected chi connectivity index (χ4v) is 2.65. The van der Waals surface area contributed by atoms with Gasteiger partial charge < -0.3 is 9.84 Å². The first-order valence-electron chi connectivity index (χ1n) is 8.60. The van der Waals surface area contributed by atoms with Gasteiger partial charge in [-0.05, 0) is 36.6 Å². The summed E-state index contributed by atoms with van der Waals surface area (Å²) in [6.45, 7) is 10.0. The summed E-state index contributed by atoms with van der Waals surface area (Å²) in [5, 5.41) is 14.3. The van der Waals surface area contributed by atoms with Crippen molar-refractivity contribution >= 4 is 0 Å². The van der Waals surface area contributed by atoms with Crippen LogP contribution in [-0.2, 0) is 19.0 Å². The fourth-order valence-electron chi connectivity index (χ4n) is 2.65. The summed E-state index contributed by atoms with van der Waals surface area (Å²) >= 11 is 0. The summed E-state index contributed by atoms with van der Waals surface area (Å²) in [5.74, 6) is 1.69. The zero-order valence-electron chi connectivity index (χ0n) is 16.2. The SMILES string of the molecule is Cc1cc(C(C)(C)C)ccc1OCC(O)CN(C)Cc1ncnn1C. The van der Waals surface area contributed by atoms with Crippen molar-refractivity contribution in [3.05, 3.63) is 41.5 Å². The van der Waals surface area contributed by atoms with Crippen molar-refractivity contribution < 1.29 is 9.84 Å². The quantitative estimate of drug-likeness (QED) is 0.833. The predicted molar refractivity (Wildman–Crippen MR) is 98.7 cm³/mol. The smallest absolute Gasteiger partial charge is 0.140 e. The third-order valence-electron chi connectivity index (χ3n) is 4.21. The largest absolute Gasteiger partial charge is 0.491 e. The summed E-state index contributed by atoms with van der Waals surface area (Å²) in [6, 6.07) is 6.24. The minimum absolute atomic E-state index is 0.116. The molecule has 1 N–H and O–H groups in total. The lowest BCUT2D eigenvalue weighted by Gasteiger charge is -2.22. The molecule has 1 aromatic heterocycles. The molecule has 1 atom stereocenters. The van der Waals surface area contributed by atoms with Gasteiger partial charge in [-0.1, -0.05) is 32.9 Å². The molecule has 0 aliphatic rings. The highest BCUT2D eigenvalue weighted by atomic mass is 16.5. The first-order valence-corrected chi connectivity index (χ1v) is 8.60. The number of ether oxygens (including phenoxy) is 1. The van der Waals surface area contributed by atoms with Crippen LogP contribution in [0.4, 0.5) is 0 Å². The lowest BCUT2D eigenvalue weighted by Crippen LogP contribution is -2.33. The highest BCUT2D eigenvalue weighted by molar-refractivity contribution is 5.38. The highest BCUT2D eigenvalue weighted by Crippen LogP contribution is 2.27. The van der Waals surface area contributed by atoms with Crippen LogP contribution in [0.5, 0.6) is 5.75 Å². The number of aliphatic hydroxyl groups is 1. The van der Waals surface area contributed by atoms with E-state index in [0.717, 1.165) is 17.1 Å². The number of hydrogen-bond donors (Lipinski definition) is 1. The normalized spacial score (nSPS) is 13.3. The monoisotopic (exact) mass is 346 g/mol. The van der Waals surface area contributed by atoms with Gasteiger partial charge in [0, 0.05) is 13.6 Å². The number of aryl methyl sites for hydroxylation is 2. The van der Waals surface area contributed by atoms with Crippen LogP contribution in [0, 0.1) is 6.92 Å². The van der Waals surface area contributed by atoms with Crippen LogP contribution in [0.25, 0.3) is 0 Å².